The molecule has 0 spiro atoms. The van der Waals surface area contributed by atoms with E-state index < -0.39 is 17.7 Å². The Bertz CT molecular complexity index is 680. The van der Waals surface area contributed by atoms with Crippen molar-refractivity contribution in [3.05, 3.63) is 59.2 Å². The quantitative estimate of drug-likeness (QED) is 0.928. The van der Waals surface area contributed by atoms with Gasteiger partial charge in [-0.1, -0.05) is 17.8 Å². The maximum Gasteiger partial charge on any atom is 0.140 e. The molecule has 0 saturated carbocycles. The molecule has 0 heterocycles. The van der Waals surface area contributed by atoms with Crippen LogP contribution in [0.1, 0.15) is 24.2 Å². The van der Waals surface area contributed by atoms with E-state index in [1.807, 2.05) is 6.07 Å². The average Bonchev–Trinajstić information content (AvgIpc) is 2.41. The Balaban J connectivity index is 2.43. The zero-order valence-corrected chi connectivity index (χ0v) is 11.4. The molecular weight excluding hydrogens is 280 g/mol. The maximum absolute atomic E-state index is 13.7. The fourth-order valence-electron chi connectivity index (χ4n) is 1.71. The molecule has 0 aliphatic carbocycles. The van der Waals surface area contributed by atoms with Gasteiger partial charge in [0.25, 0.3) is 0 Å². The number of benzene rings is 2. The number of hydrogen-bond acceptors (Lipinski definition) is 3. The Morgan fingerprint density at radius 1 is 1.15 bits per heavy atom. The Hall–Kier alpha value is -1.90. The summed E-state index contributed by atoms with van der Waals surface area (Å²) in [5.74, 6) is -1.32. The summed E-state index contributed by atoms with van der Waals surface area (Å²) in [6, 6.07) is 10.1. The van der Waals surface area contributed by atoms with E-state index in [9.17, 15) is 13.9 Å². The van der Waals surface area contributed by atoms with Crippen molar-refractivity contribution in [2.45, 2.75) is 22.8 Å². The van der Waals surface area contributed by atoms with Crippen LogP contribution in [0.15, 0.2) is 46.2 Å². The summed E-state index contributed by atoms with van der Waals surface area (Å²) < 4.78 is 26.5. The summed E-state index contributed by atoms with van der Waals surface area (Å²) >= 11 is 1.05. The first-order valence-corrected chi connectivity index (χ1v) is 6.68. The van der Waals surface area contributed by atoms with Gasteiger partial charge >= 0.3 is 0 Å². The smallest absolute Gasteiger partial charge is 0.140 e. The van der Waals surface area contributed by atoms with E-state index in [4.69, 9.17) is 5.26 Å². The summed E-state index contributed by atoms with van der Waals surface area (Å²) in [6.45, 7) is 1.59. The number of halogens is 2. The molecule has 2 nitrogen and oxygen atoms in total. The van der Waals surface area contributed by atoms with Gasteiger partial charge in [-0.3, -0.25) is 0 Å². The second-order valence-corrected chi connectivity index (χ2v) is 5.30. The van der Waals surface area contributed by atoms with Crippen molar-refractivity contribution < 1.29 is 13.9 Å². The fraction of sp³-hybridized carbons (Fsp3) is 0.133. The molecule has 0 amide bonds. The van der Waals surface area contributed by atoms with Crippen LogP contribution < -0.4 is 0 Å². The number of hydrogen-bond donors (Lipinski definition) is 1. The lowest BCUT2D eigenvalue weighted by Gasteiger charge is -2.12. The van der Waals surface area contributed by atoms with Gasteiger partial charge in [0.1, 0.15) is 11.6 Å². The topological polar surface area (TPSA) is 44.0 Å². The summed E-state index contributed by atoms with van der Waals surface area (Å²) in [6.07, 6.45) is -0.742. The van der Waals surface area contributed by atoms with E-state index in [1.54, 1.807) is 25.1 Å². The second-order valence-electron chi connectivity index (χ2n) is 4.22. The Morgan fingerprint density at radius 3 is 2.50 bits per heavy atom. The van der Waals surface area contributed by atoms with E-state index in [0.717, 1.165) is 17.8 Å². The maximum atomic E-state index is 13.7. The van der Waals surface area contributed by atoms with Gasteiger partial charge in [0.2, 0.25) is 0 Å². The Morgan fingerprint density at radius 2 is 1.90 bits per heavy atom. The van der Waals surface area contributed by atoms with Gasteiger partial charge in [-0.05, 0) is 36.8 Å². The van der Waals surface area contributed by atoms with Crippen LogP contribution in [0.4, 0.5) is 8.78 Å². The van der Waals surface area contributed by atoms with Gasteiger partial charge < -0.3 is 5.11 Å². The Kier molecular flexibility index (Phi) is 4.38. The van der Waals surface area contributed by atoms with E-state index in [0.29, 0.717) is 16.0 Å². The molecule has 2 aromatic carbocycles. The molecule has 2 aromatic rings. The van der Waals surface area contributed by atoms with Gasteiger partial charge in [-0.25, -0.2) is 8.78 Å². The highest BCUT2D eigenvalue weighted by Crippen LogP contribution is 2.35. The SMILES string of the molecule is C[C@H](O)c1ccc(C#N)cc1Sc1ccc(F)cc1F. The zero-order valence-electron chi connectivity index (χ0n) is 10.6. The lowest BCUT2D eigenvalue weighted by molar-refractivity contribution is 0.196. The summed E-state index contributed by atoms with van der Waals surface area (Å²) in [4.78, 5) is 0.813. The third-order valence-electron chi connectivity index (χ3n) is 2.71. The van der Waals surface area contributed by atoms with Crippen molar-refractivity contribution in [1.29, 1.82) is 5.26 Å². The molecule has 0 aromatic heterocycles. The molecule has 0 saturated heterocycles. The molecule has 0 fully saturated rings. The first kappa shape index (κ1) is 14.5. The molecule has 0 radical (unpaired) electrons. The predicted molar refractivity (Wildman–Crippen MR) is 72.3 cm³/mol. The van der Waals surface area contributed by atoms with Crippen molar-refractivity contribution in [2.75, 3.05) is 0 Å². The number of aliphatic hydroxyl groups excluding tert-OH is 1. The van der Waals surface area contributed by atoms with Crippen LogP contribution in [0, 0.1) is 23.0 Å². The van der Waals surface area contributed by atoms with Crippen LogP contribution in [0.5, 0.6) is 0 Å². The van der Waals surface area contributed by atoms with E-state index in [2.05, 4.69) is 0 Å². The standard InChI is InChI=1S/C15H11F2NOS/c1-9(19)12-4-2-10(8-18)6-15(12)20-14-5-3-11(16)7-13(14)17/h2-7,9,19H,1H3/t9-/m0/s1. The molecule has 2 rings (SSSR count). The van der Waals surface area contributed by atoms with Gasteiger partial charge in [-0.15, -0.1) is 0 Å². The van der Waals surface area contributed by atoms with Crippen LogP contribution in [-0.2, 0) is 0 Å². The minimum atomic E-state index is -0.742. The van der Waals surface area contributed by atoms with Crippen molar-refractivity contribution in [1.82, 2.24) is 0 Å². The monoisotopic (exact) mass is 291 g/mol. The fourth-order valence-corrected chi connectivity index (χ4v) is 2.79. The van der Waals surface area contributed by atoms with Crippen molar-refractivity contribution in [2.24, 2.45) is 0 Å². The third-order valence-corrected chi connectivity index (χ3v) is 3.83. The van der Waals surface area contributed by atoms with E-state index in [1.165, 1.54) is 12.1 Å². The molecule has 0 unspecified atom stereocenters. The van der Waals surface area contributed by atoms with Gasteiger partial charge in [0, 0.05) is 15.9 Å². The number of nitrogens with zero attached hydrogens (tertiary/aromatic N) is 1. The largest absolute Gasteiger partial charge is 0.389 e. The average molecular weight is 291 g/mol. The third kappa shape index (κ3) is 3.16. The zero-order chi connectivity index (χ0) is 14.7. The molecule has 1 N–H and O–H groups in total. The summed E-state index contributed by atoms with van der Waals surface area (Å²) in [5.41, 5.74) is 1.01. The molecular formula is C15H11F2NOS. The lowest BCUT2D eigenvalue weighted by atomic mass is 10.1. The summed E-state index contributed by atoms with van der Waals surface area (Å²) in [5, 5.41) is 18.6. The minimum Gasteiger partial charge on any atom is -0.389 e. The minimum absolute atomic E-state index is 0.239. The molecule has 20 heavy (non-hydrogen) atoms. The normalized spacial score (nSPS) is 11.9. The van der Waals surface area contributed by atoms with E-state index >= 15 is 0 Å². The molecule has 102 valence electrons. The molecule has 5 heteroatoms. The highest BCUT2D eigenvalue weighted by molar-refractivity contribution is 7.99. The van der Waals surface area contributed by atoms with Crippen molar-refractivity contribution >= 4 is 11.8 Å². The first-order valence-electron chi connectivity index (χ1n) is 5.86. The summed E-state index contributed by atoms with van der Waals surface area (Å²) in [7, 11) is 0. The highest BCUT2D eigenvalue weighted by atomic mass is 32.2. The number of aliphatic hydroxyl groups is 1. The van der Waals surface area contributed by atoms with Crippen LogP contribution in [0.2, 0.25) is 0 Å². The Labute approximate surface area is 119 Å². The van der Waals surface area contributed by atoms with Crippen LogP contribution in [0.25, 0.3) is 0 Å². The van der Waals surface area contributed by atoms with Crippen LogP contribution in [-0.4, -0.2) is 5.11 Å². The van der Waals surface area contributed by atoms with E-state index in [-0.39, 0.29) is 4.90 Å². The van der Waals surface area contributed by atoms with Crippen LogP contribution >= 0.6 is 11.8 Å². The molecule has 0 aliphatic heterocycles. The van der Waals surface area contributed by atoms with Crippen molar-refractivity contribution in [3.63, 3.8) is 0 Å². The molecule has 0 aliphatic rings. The second kappa shape index (κ2) is 6.04. The van der Waals surface area contributed by atoms with Crippen molar-refractivity contribution in [3.8, 4) is 6.07 Å². The number of rotatable bonds is 3. The first-order chi connectivity index (χ1) is 9.51. The molecule has 1 atom stereocenters. The lowest BCUT2D eigenvalue weighted by Crippen LogP contribution is -1.95. The predicted octanol–water partition coefficient (Wildman–Crippen LogP) is 4.04. The highest BCUT2D eigenvalue weighted by Gasteiger charge is 2.13. The van der Waals surface area contributed by atoms with Gasteiger partial charge in [0.15, 0.2) is 0 Å². The van der Waals surface area contributed by atoms with Gasteiger partial charge in [0.05, 0.1) is 17.7 Å². The molecule has 0 bridgehead atoms. The van der Waals surface area contributed by atoms with Gasteiger partial charge in [-0.2, -0.15) is 5.26 Å². The number of nitriles is 1. The van der Waals surface area contributed by atoms with Crippen LogP contribution in [0.3, 0.4) is 0 Å².